The van der Waals surface area contributed by atoms with E-state index in [0.29, 0.717) is 46.9 Å². The lowest BCUT2D eigenvalue weighted by molar-refractivity contribution is -0.148. The normalized spacial score (nSPS) is 19.0. The standard InChI is InChI=1S/C27H30Cl2FN3O3/c1-3-15(2)23(31-11-9-16-6-4-5-7-21(16)30)25(34)33-27(26(35)36)10-8-22-19(14-27)18-12-17(28)13-20(29)24(18)32-22/h4-7,12-13,15,23,31-32H,3,8-11,14H2,1-2H3,(H,33,34)(H,35,36)/t15?,23-,27+/m0/s1. The van der Waals surface area contributed by atoms with Crippen LogP contribution in [0.4, 0.5) is 4.39 Å². The number of rotatable bonds is 9. The van der Waals surface area contributed by atoms with Gasteiger partial charge in [0, 0.05) is 29.1 Å². The van der Waals surface area contributed by atoms with Crippen molar-refractivity contribution in [3.63, 3.8) is 0 Å². The van der Waals surface area contributed by atoms with Gasteiger partial charge in [0.1, 0.15) is 11.4 Å². The van der Waals surface area contributed by atoms with Crippen LogP contribution in [0.25, 0.3) is 10.9 Å². The van der Waals surface area contributed by atoms with Crippen LogP contribution in [-0.2, 0) is 28.9 Å². The van der Waals surface area contributed by atoms with E-state index < -0.39 is 17.6 Å². The Morgan fingerprint density at radius 2 is 2.00 bits per heavy atom. The van der Waals surface area contributed by atoms with E-state index in [2.05, 4.69) is 15.6 Å². The number of carbonyl (C=O) groups is 2. The molecule has 0 radical (unpaired) electrons. The Bertz CT molecular complexity index is 1290. The fourth-order valence-corrected chi connectivity index (χ4v) is 5.52. The third kappa shape index (κ3) is 5.24. The van der Waals surface area contributed by atoms with Gasteiger partial charge in [-0.3, -0.25) is 4.79 Å². The van der Waals surface area contributed by atoms with Gasteiger partial charge in [-0.15, -0.1) is 0 Å². The van der Waals surface area contributed by atoms with Crippen LogP contribution in [0.1, 0.15) is 43.5 Å². The highest BCUT2D eigenvalue weighted by Crippen LogP contribution is 2.38. The summed E-state index contributed by atoms with van der Waals surface area (Å²) in [6.07, 6.45) is 1.93. The van der Waals surface area contributed by atoms with Crippen molar-refractivity contribution >= 4 is 46.0 Å². The molecular weight excluding hydrogens is 504 g/mol. The number of aliphatic carboxylic acids is 1. The minimum Gasteiger partial charge on any atom is -0.479 e. The van der Waals surface area contributed by atoms with Crippen LogP contribution in [0.2, 0.25) is 10.0 Å². The summed E-state index contributed by atoms with van der Waals surface area (Å²) in [7, 11) is 0. The maximum absolute atomic E-state index is 14.0. The van der Waals surface area contributed by atoms with Gasteiger partial charge in [0.05, 0.1) is 16.6 Å². The van der Waals surface area contributed by atoms with Crippen LogP contribution in [0.5, 0.6) is 0 Å². The van der Waals surface area contributed by atoms with Gasteiger partial charge in [-0.2, -0.15) is 0 Å². The molecular formula is C27H30Cl2FN3O3. The second-order valence-corrected chi connectivity index (χ2v) is 10.4. The van der Waals surface area contributed by atoms with Gasteiger partial charge in [-0.25, -0.2) is 9.18 Å². The predicted octanol–water partition coefficient (Wildman–Crippen LogP) is 5.29. The Morgan fingerprint density at radius 3 is 2.69 bits per heavy atom. The van der Waals surface area contributed by atoms with Crippen molar-refractivity contribution in [3.8, 4) is 0 Å². The number of aryl methyl sites for hydroxylation is 1. The van der Waals surface area contributed by atoms with Crippen molar-refractivity contribution in [2.45, 2.75) is 57.5 Å². The molecule has 1 aliphatic rings. The third-order valence-corrected chi connectivity index (χ3v) is 7.80. The molecule has 36 heavy (non-hydrogen) atoms. The average Bonchev–Trinajstić information content (AvgIpc) is 3.20. The number of carboxylic acids is 1. The van der Waals surface area contributed by atoms with Crippen LogP contribution in [0.3, 0.4) is 0 Å². The van der Waals surface area contributed by atoms with Crippen molar-refractivity contribution in [2.75, 3.05) is 6.54 Å². The molecule has 1 aromatic heterocycles. The Kier molecular flexibility index (Phi) is 7.93. The van der Waals surface area contributed by atoms with Gasteiger partial charge < -0.3 is 20.7 Å². The molecule has 0 saturated heterocycles. The number of fused-ring (bicyclic) bond motifs is 3. The van der Waals surface area contributed by atoms with E-state index in [9.17, 15) is 19.1 Å². The lowest BCUT2D eigenvalue weighted by atomic mass is 9.79. The zero-order chi connectivity index (χ0) is 26.0. The van der Waals surface area contributed by atoms with Gasteiger partial charge in [-0.05, 0) is 54.5 Å². The number of H-pyrrole nitrogens is 1. The molecule has 3 atom stereocenters. The van der Waals surface area contributed by atoms with E-state index in [1.165, 1.54) is 6.07 Å². The summed E-state index contributed by atoms with van der Waals surface area (Å²) < 4.78 is 14.0. The minimum atomic E-state index is -1.47. The zero-order valence-corrected chi connectivity index (χ0v) is 21.8. The molecule has 2 aromatic carbocycles. The number of nitrogens with one attached hydrogen (secondary N) is 3. The van der Waals surface area contributed by atoms with Gasteiger partial charge in [0.25, 0.3) is 0 Å². The number of benzene rings is 2. The quantitative estimate of drug-likeness (QED) is 0.300. The highest BCUT2D eigenvalue weighted by molar-refractivity contribution is 6.38. The zero-order valence-electron chi connectivity index (χ0n) is 20.3. The van der Waals surface area contributed by atoms with E-state index in [0.717, 1.165) is 16.6 Å². The van der Waals surface area contributed by atoms with E-state index >= 15 is 0 Å². The first-order valence-corrected chi connectivity index (χ1v) is 12.9. The second-order valence-electron chi connectivity index (χ2n) is 9.60. The van der Waals surface area contributed by atoms with Crippen LogP contribution < -0.4 is 10.6 Å². The van der Waals surface area contributed by atoms with E-state index in [4.69, 9.17) is 23.2 Å². The molecule has 3 aromatic rings. The fraction of sp³-hybridized carbons (Fsp3) is 0.407. The first-order chi connectivity index (χ1) is 17.1. The summed E-state index contributed by atoms with van der Waals surface area (Å²) in [5.74, 6) is -1.80. The first-order valence-electron chi connectivity index (χ1n) is 12.2. The maximum atomic E-state index is 14.0. The number of amides is 1. The van der Waals surface area contributed by atoms with E-state index in [1.807, 2.05) is 13.8 Å². The summed E-state index contributed by atoms with van der Waals surface area (Å²) in [5.41, 5.74) is 1.52. The highest BCUT2D eigenvalue weighted by atomic mass is 35.5. The van der Waals surface area contributed by atoms with Crippen LogP contribution in [-0.4, -0.2) is 40.1 Å². The van der Waals surface area contributed by atoms with Crippen molar-refractivity contribution in [3.05, 3.63) is 69.1 Å². The Hall–Kier alpha value is -2.61. The summed E-state index contributed by atoms with van der Waals surface area (Å²) in [4.78, 5) is 29.4. The highest BCUT2D eigenvalue weighted by Gasteiger charge is 2.45. The molecule has 1 amide bonds. The molecule has 1 aliphatic carbocycles. The number of carbonyl (C=O) groups excluding carboxylic acids is 1. The topological polar surface area (TPSA) is 94.2 Å². The lowest BCUT2D eigenvalue weighted by Crippen LogP contribution is -2.62. The summed E-state index contributed by atoms with van der Waals surface area (Å²) >= 11 is 12.6. The molecule has 0 bridgehead atoms. The van der Waals surface area contributed by atoms with Crippen molar-refractivity contribution in [1.29, 1.82) is 0 Å². The lowest BCUT2D eigenvalue weighted by Gasteiger charge is -2.36. The number of hydrogen-bond donors (Lipinski definition) is 4. The van der Waals surface area contributed by atoms with Gasteiger partial charge in [0.15, 0.2) is 0 Å². The SMILES string of the molecule is CCC(C)[C@H](NCCc1ccccc1F)C(=O)N[C@]1(C(=O)O)CCc2[nH]c3c(Cl)cc(Cl)cc3c2C1. The Morgan fingerprint density at radius 1 is 1.25 bits per heavy atom. The van der Waals surface area contributed by atoms with Crippen LogP contribution in [0.15, 0.2) is 36.4 Å². The van der Waals surface area contributed by atoms with Gasteiger partial charge in [-0.1, -0.05) is 61.7 Å². The summed E-state index contributed by atoms with van der Waals surface area (Å²) in [6, 6.07) is 9.33. The average molecular weight is 534 g/mol. The van der Waals surface area contributed by atoms with Crippen molar-refractivity contribution in [2.24, 2.45) is 5.92 Å². The largest absolute Gasteiger partial charge is 0.479 e. The summed E-state index contributed by atoms with van der Waals surface area (Å²) in [6.45, 7) is 4.30. The maximum Gasteiger partial charge on any atom is 0.329 e. The molecule has 6 nitrogen and oxygen atoms in total. The number of carboxylic acid groups (broad SMARTS) is 1. The number of halogens is 3. The van der Waals surface area contributed by atoms with Crippen molar-refractivity contribution in [1.82, 2.24) is 15.6 Å². The predicted molar refractivity (Wildman–Crippen MR) is 140 cm³/mol. The van der Waals surface area contributed by atoms with Gasteiger partial charge in [0.2, 0.25) is 5.91 Å². The second kappa shape index (κ2) is 10.8. The summed E-state index contributed by atoms with van der Waals surface area (Å²) in [5, 5.41) is 18.1. The van der Waals surface area contributed by atoms with Crippen molar-refractivity contribution < 1.29 is 19.1 Å². The van der Waals surface area contributed by atoms with E-state index in [1.54, 1.807) is 30.3 Å². The van der Waals surface area contributed by atoms with Crippen LogP contribution >= 0.6 is 23.2 Å². The number of aromatic nitrogens is 1. The molecule has 9 heteroatoms. The molecule has 0 saturated carbocycles. The van der Waals surface area contributed by atoms with Gasteiger partial charge >= 0.3 is 5.97 Å². The fourth-order valence-electron chi connectivity index (χ4n) is 4.98. The first kappa shape index (κ1) is 26.5. The van der Waals surface area contributed by atoms with E-state index in [-0.39, 0.29) is 30.5 Å². The third-order valence-electron chi connectivity index (χ3n) is 7.28. The molecule has 0 fully saturated rings. The Balaban J connectivity index is 1.55. The molecule has 1 unspecified atom stereocenters. The van der Waals surface area contributed by atoms with Crippen LogP contribution in [0, 0.1) is 11.7 Å². The number of aromatic amines is 1. The monoisotopic (exact) mass is 533 g/mol. The smallest absolute Gasteiger partial charge is 0.329 e. The minimum absolute atomic E-state index is 0.0543. The molecule has 1 heterocycles. The molecule has 192 valence electrons. The Labute approximate surface area is 219 Å². The molecule has 0 aliphatic heterocycles. The molecule has 4 rings (SSSR count). The molecule has 0 spiro atoms. The number of hydrogen-bond acceptors (Lipinski definition) is 3. The molecule has 4 N–H and O–H groups in total.